The van der Waals surface area contributed by atoms with Crippen LogP contribution in [-0.4, -0.2) is 20.9 Å². The van der Waals surface area contributed by atoms with Crippen molar-refractivity contribution in [3.05, 3.63) is 53.1 Å². The van der Waals surface area contributed by atoms with Gasteiger partial charge in [0.2, 0.25) is 5.91 Å². The first-order valence-electron chi connectivity index (χ1n) is 9.39. The van der Waals surface area contributed by atoms with E-state index in [1.807, 2.05) is 24.0 Å². The molecule has 0 aliphatic carbocycles. The van der Waals surface area contributed by atoms with Crippen LogP contribution in [0.5, 0.6) is 0 Å². The van der Waals surface area contributed by atoms with Crippen LogP contribution < -0.4 is 9.62 Å². The third-order valence-electron chi connectivity index (χ3n) is 5.53. The predicted molar refractivity (Wildman–Crippen MR) is 107 cm³/mol. The lowest BCUT2D eigenvalue weighted by Gasteiger charge is -2.26. The topological polar surface area (TPSA) is 66.5 Å². The molecule has 0 fully saturated rings. The van der Waals surface area contributed by atoms with Crippen molar-refractivity contribution in [2.24, 2.45) is 0 Å². The molecule has 0 radical (unpaired) electrons. The molecule has 0 unspecified atom stereocenters. The standard InChI is InChI=1S/C21H24N2O3S/c1-13(2)15-6-8-17(9-7-15)22-27(25,26)18-11-16-5-4-10-23-20(16)19(12-18)14(3)21(23)24/h6-9,11-14,22H,4-5,10H2,1-3H3/t14-/m0/s1. The van der Waals surface area contributed by atoms with E-state index in [-0.39, 0.29) is 16.7 Å². The molecule has 0 aromatic heterocycles. The summed E-state index contributed by atoms with van der Waals surface area (Å²) < 4.78 is 28.6. The van der Waals surface area contributed by atoms with Crippen LogP contribution >= 0.6 is 0 Å². The number of carbonyl (C=O) groups excluding carboxylic acids is 1. The Balaban J connectivity index is 1.70. The van der Waals surface area contributed by atoms with E-state index >= 15 is 0 Å². The van der Waals surface area contributed by atoms with Gasteiger partial charge in [0.1, 0.15) is 0 Å². The fourth-order valence-electron chi connectivity index (χ4n) is 3.97. The fraction of sp³-hybridized carbons (Fsp3) is 0.381. The average molecular weight is 385 g/mol. The predicted octanol–water partition coefficient (Wildman–Crippen LogP) is 4.01. The van der Waals surface area contributed by atoms with Gasteiger partial charge in [-0.05, 0) is 66.6 Å². The number of anilines is 2. The van der Waals surface area contributed by atoms with E-state index in [1.54, 1.807) is 24.3 Å². The normalized spacial score (nSPS) is 18.7. The first-order valence-corrected chi connectivity index (χ1v) is 10.9. The molecule has 6 heteroatoms. The van der Waals surface area contributed by atoms with E-state index in [2.05, 4.69) is 18.6 Å². The molecule has 2 aromatic carbocycles. The van der Waals surface area contributed by atoms with Crippen molar-refractivity contribution in [3.63, 3.8) is 0 Å². The van der Waals surface area contributed by atoms with Crippen molar-refractivity contribution in [1.82, 2.24) is 0 Å². The first kappa shape index (κ1) is 18.0. The molecule has 1 N–H and O–H groups in total. The minimum atomic E-state index is -3.71. The number of carbonyl (C=O) groups is 1. The summed E-state index contributed by atoms with van der Waals surface area (Å²) in [5.41, 5.74) is 4.41. The van der Waals surface area contributed by atoms with Gasteiger partial charge < -0.3 is 4.90 Å². The van der Waals surface area contributed by atoms with Crippen LogP contribution in [0.4, 0.5) is 11.4 Å². The fourth-order valence-corrected chi connectivity index (χ4v) is 5.11. The summed E-state index contributed by atoms with van der Waals surface area (Å²) in [6.45, 7) is 6.77. The highest BCUT2D eigenvalue weighted by molar-refractivity contribution is 7.92. The molecule has 1 amide bonds. The van der Waals surface area contributed by atoms with Gasteiger partial charge in [-0.3, -0.25) is 9.52 Å². The number of aryl methyl sites for hydroxylation is 1. The zero-order valence-corrected chi connectivity index (χ0v) is 16.6. The van der Waals surface area contributed by atoms with Crippen LogP contribution in [0, 0.1) is 0 Å². The Kier molecular flexibility index (Phi) is 4.26. The van der Waals surface area contributed by atoms with E-state index in [1.165, 1.54) is 0 Å². The number of nitrogens with one attached hydrogen (secondary N) is 1. The first-order chi connectivity index (χ1) is 12.8. The summed E-state index contributed by atoms with van der Waals surface area (Å²) in [5.74, 6) is 0.164. The number of hydrogen-bond acceptors (Lipinski definition) is 3. The highest BCUT2D eigenvalue weighted by atomic mass is 32.2. The maximum Gasteiger partial charge on any atom is 0.261 e. The minimum absolute atomic E-state index is 0.0673. The molecule has 4 rings (SSSR count). The van der Waals surface area contributed by atoms with Gasteiger partial charge in [-0.25, -0.2) is 8.42 Å². The molecule has 0 saturated heterocycles. The van der Waals surface area contributed by atoms with Gasteiger partial charge >= 0.3 is 0 Å². The van der Waals surface area contributed by atoms with Crippen molar-refractivity contribution in [1.29, 1.82) is 0 Å². The Morgan fingerprint density at radius 3 is 2.52 bits per heavy atom. The summed E-state index contributed by atoms with van der Waals surface area (Å²) in [4.78, 5) is 14.5. The maximum atomic E-state index is 13.0. The molecule has 2 aliphatic rings. The van der Waals surface area contributed by atoms with Crippen molar-refractivity contribution < 1.29 is 13.2 Å². The number of amides is 1. The third-order valence-corrected chi connectivity index (χ3v) is 6.89. The molecule has 27 heavy (non-hydrogen) atoms. The van der Waals surface area contributed by atoms with Crippen molar-refractivity contribution in [2.45, 2.75) is 50.3 Å². The number of hydrogen-bond donors (Lipinski definition) is 1. The molecule has 0 saturated carbocycles. The molecule has 0 spiro atoms. The van der Waals surface area contributed by atoms with Crippen LogP contribution in [0.25, 0.3) is 0 Å². The van der Waals surface area contributed by atoms with E-state index < -0.39 is 10.0 Å². The Bertz CT molecular complexity index is 1010. The SMILES string of the molecule is CC(C)c1ccc(NS(=O)(=O)c2cc3c4c(c2)[C@H](C)C(=O)N4CCC3)cc1. The monoisotopic (exact) mass is 384 g/mol. The molecule has 1 atom stereocenters. The molecular formula is C21H24N2O3S. The van der Waals surface area contributed by atoms with Gasteiger partial charge in [-0.1, -0.05) is 26.0 Å². The van der Waals surface area contributed by atoms with Gasteiger partial charge in [0.25, 0.3) is 10.0 Å². The lowest BCUT2D eigenvalue weighted by Crippen LogP contribution is -2.32. The second kappa shape index (κ2) is 6.37. The molecule has 2 aliphatic heterocycles. The van der Waals surface area contributed by atoms with Crippen LogP contribution in [0.1, 0.15) is 55.7 Å². The highest BCUT2D eigenvalue weighted by Crippen LogP contribution is 2.44. The highest BCUT2D eigenvalue weighted by Gasteiger charge is 2.38. The third kappa shape index (κ3) is 3.02. The van der Waals surface area contributed by atoms with E-state index in [4.69, 9.17) is 0 Å². The van der Waals surface area contributed by atoms with Crippen LogP contribution in [0.3, 0.4) is 0 Å². The summed E-state index contributed by atoms with van der Waals surface area (Å²) in [6.07, 6.45) is 1.66. The lowest BCUT2D eigenvalue weighted by atomic mass is 9.97. The summed E-state index contributed by atoms with van der Waals surface area (Å²) in [6, 6.07) is 10.8. The Labute approximate surface area is 160 Å². The largest absolute Gasteiger partial charge is 0.311 e. The maximum absolute atomic E-state index is 13.0. The van der Waals surface area contributed by atoms with Gasteiger partial charge in [0.15, 0.2) is 0 Å². The smallest absolute Gasteiger partial charge is 0.261 e. The van der Waals surface area contributed by atoms with E-state index in [0.29, 0.717) is 11.6 Å². The average Bonchev–Trinajstić information content (AvgIpc) is 2.88. The Hall–Kier alpha value is -2.34. The van der Waals surface area contributed by atoms with Crippen LogP contribution in [0.2, 0.25) is 0 Å². The second-order valence-electron chi connectivity index (χ2n) is 7.72. The van der Waals surface area contributed by atoms with Crippen LogP contribution in [0.15, 0.2) is 41.3 Å². The van der Waals surface area contributed by atoms with Gasteiger partial charge in [-0.2, -0.15) is 0 Å². The van der Waals surface area contributed by atoms with Gasteiger partial charge in [0, 0.05) is 12.2 Å². The quantitative estimate of drug-likeness (QED) is 0.866. The Morgan fingerprint density at radius 2 is 1.85 bits per heavy atom. The van der Waals surface area contributed by atoms with Gasteiger partial charge in [0.05, 0.1) is 16.5 Å². The number of rotatable bonds is 4. The van der Waals surface area contributed by atoms with E-state index in [9.17, 15) is 13.2 Å². The zero-order chi connectivity index (χ0) is 19.3. The minimum Gasteiger partial charge on any atom is -0.311 e. The summed E-state index contributed by atoms with van der Waals surface area (Å²) in [5, 5.41) is 0. The summed E-state index contributed by atoms with van der Waals surface area (Å²) >= 11 is 0. The molecule has 142 valence electrons. The second-order valence-corrected chi connectivity index (χ2v) is 9.40. The summed E-state index contributed by atoms with van der Waals surface area (Å²) in [7, 11) is -3.71. The molecular weight excluding hydrogens is 360 g/mol. The van der Waals surface area contributed by atoms with Gasteiger partial charge in [-0.15, -0.1) is 0 Å². The Morgan fingerprint density at radius 1 is 1.15 bits per heavy atom. The van der Waals surface area contributed by atoms with Crippen molar-refractivity contribution in [2.75, 3.05) is 16.2 Å². The molecule has 2 heterocycles. The van der Waals surface area contributed by atoms with E-state index in [0.717, 1.165) is 41.8 Å². The van der Waals surface area contributed by atoms with Crippen molar-refractivity contribution >= 4 is 27.3 Å². The molecule has 0 bridgehead atoms. The zero-order valence-electron chi connectivity index (χ0n) is 15.8. The number of nitrogens with zero attached hydrogens (tertiary/aromatic N) is 1. The number of benzene rings is 2. The lowest BCUT2D eigenvalue weighted by molar-refractivity contribution is -0.119. The van der Waals surface area contributed by atoms with Crippen LogP contribution in [-0.2, 0) is 21.2 Å². The van der Waals surface area contributed by atoms with Crippen molar-refractivity contribution in [3.8, 4) is 0 Å². The number of sulfonamides is 1. The molecule has 5 nitrogen and oxygen atoms in total. The molecule has 2 aromatic rings.